The average Bonchev–Trinajstić information content (AvgIpc) is 2.65. The minimum atomic E-state index is -2.99. The van der Waals surface area contributed by atoms with Gasteiger partial charge in [-0.25, -0.2) is 4.79 Å². The first kappa shape index (κ1) is 19.3. The molecule has 140 valence electrons. The molecule has 0 amide bonds. The molecule has 2 aromatic rings. The Bertz CT molecular complexity index is 763. The highest BCUT2D eigenvalue weighted by Gasteiger charge is 2.15. The molecule has 0 radical (unpaired) electrons. The van der Waals surface area contributed by atoms with Crippen LogP contribution in [0.15, 0.2) is 36.4 Å². The molecule has 0 unspecified atom stereocenters. The Kier molecular flexibility index (Phi) is 6.60. The first-order chi connectivity index (χ1) is 12.5. The van der Waals surface area contributed by atoms with Crippen molar-refractivity contribution in [2.45, 2.75) is 13.2 Å². The molecule has 0 heterocycles. The Morgan fingerprint density at radius 1 is 0.885 bits per heavy atom. The van der Waals surface area contributed by atoms with Crippen molar-refractivity contribution in [3.8, 4) is 23.0 Å². The first-order valence-electron chi connectivity index (χ1n) is 7.49. The monoisotopic (exact) mass is 368 g/mol. The van der Waals surface area contributed by atoms with E-state index in [-0.39, 0.29) is 23.7 Å². The number of hydrogen-bond donors (Lipinski definition) is 0. The predicted molar refractivity (Wildman–Crippen MR) is 88.3 cm³/mol. The number of hydrogen-bond acceptors (Lipinski definition) is 6. The molecule has 0 aliphatic rings. The third kappa shape index (κ3) is 4.75. The van der Waals surface area contributed by atoms with Gasteiger partial charge < -0.3 is 23.7 Å². The first-order valence-corrected chi connectivity index (χ1v) is 7.49. The number of benzene rings is 2. The van der Waals surface area contributed by atoms with Gasteiger partial charge in [0.2, 0.25) is 0 Å². The van der Waals surface area contributed by atoms with Crippen LogP contribution in [0.25, 0.3) is 0 Å². The van der Waals surface area contributed by atoms with Crippen LogP contribution in [0.3, 0.4) is 0 Å². The molecule has 8 heteroatoms. The van der Waals surface area contributed by atoms with E-state index in [1.165, 1.54) is 39.5 Å². The molecule has 0 aliphatic heterocycles. The van der Waals surface area contributed by atoms with Crippen molar-refractivity contribution in [3.63, 3.8) is 0 Å². The molecule has 6 nitrogen and oxygen atoms in total. The lowest BCUT2D eigenvalue weighted by Gasteiger charge is -2.12. The van der Waals surface area contributed by atoms with E-state index in [9.17, 15) is 13.6 Å². The molecule has 2 aromatic carbocycles. The highest BCUT2D eigenvalue weighted by Crippen LogP contribution is 2.30. The Hall–Kier alpha value is -3.03. The van der Waals surface area contributed by atoms with E-state index in [0.29, 0.717) is 17.1 Å². The van der Waals surface area contributed by atoms with Crippen LogP contribution >= 0.6 is 0 Å². The lowest BCUT2D eigenvalue weighted by Crippen LogP contribution is -2.08. The van der Waals surface area contributed by atoms with Gasteiger partial charge in [-0.1, -0.05) is 6.07 Å². The van der Waals surface area contributed by atoms with Gasteiger partial charge in [0.05, 0.1) is 26.9 Å². The molecule has 0 aromatic heterocycles. The Morgan fingerprint density at radius 3 is 2.12 bits per heavy atom. The van der Waals surface area contributed by atoms with Crippen molar-refractivity contribution in [1.29, 1.82) is 0 Å². The molecule has 0 bridgehead atoms. The van der Waals surface area contributed by atoms with Crippen molar-refractivity contribution >= 4 is 5.97 Å². The normalized spacial score (nSPS) is 10.4. The van der Waals surface area contributed by atoms with Crippen LogP contribution in [0.4, 0.5) is 8.78 Å². The van der Waals surface area contributed by atoms with E-state index in [1.54, 1.807) is 18.2 Å². The summed E-state index contributed by atoms with van der Waals surface area (Å²) >= 11 is 0. The third-order valence-corrected chi connectivity index (χ3v) is 3.43. The second-order valence-corrected chi connectivity index (χ2v) is 5.01. The van der Waals surface area contributed by atoms with E-state index in [4.69, 9.17) is 18.9 Å². The molecule has 0 atom stereocenters. The SMILES string of the molecule is COc1ccc(COC(=O)c2ccc(OC(F)F)c(OC)c2)cc1OC. The number of esters is 1. The molecular weight excluding hydrogens is 350 g/mol. The van der Waals surface area contributed by atoms with Crippen molar-refractivity contribution < 1.29 is 37.3 Å². The number of alkyl halides is 2. The third-order valence-electron chi connectivity index (χ3n) is 3.43. The molecule has 26 heavy (non-hydrogen) atoms. The number of carbonyl (C=O) groups excluding carboxylic acids is 1. The van der Waals surface area contributed by atoms with E-state index in [2.05, 4.69) is 4.74 Å². The summed E-state index contributed by atoms with van der Waals surface area (Å²) in [4.78, 5) is 12.2. The van der Waals surface area contributed by atoms with E-state index < -0.39 is 12.6 Å². The van der Waals surface area contributed by atoms with Gasteiger partial charge in [0.15, 0.2) is 23.0 Å². The number of ether oxygens (including phenoxy) is 5. The minimum absolute atomic E-state index is 0.00319. The fraction of sp³-hybridized carbons (Fsp3) is 0.278. The van der Waals surface area contributed by atoms with Crippen LogP contribution in [0, 0.1) is 0 Å². The van der Waals surface area contributed by atoms with E-state index in [1.807, 2.05) is 0 Å². The number of rotatable bonds is 8. The van der Waals surface area contributed by atoms with Crippen LogP contribution in [0.5, 0.6) is 23.0 Å². The molecule has 0 saturated heterocycles. The van der Waals surface area contributed by atoms with Gasteiger partial charge in [-0.3, -0.25) is 0 Å². The van der Waals surface area contributed by atoms with Gasteiger partial charge in [0, 0.05) is 0 Å². The molecular formula is C18H18F2O6. The van der Waals surface area contributed by atoms with Gasteiger partial charge in [0.25, 0.3) is 0 Å². The topological polar surface area (TPSA) is 63.2 Å². The van der Waals surface area contributed by atoms with Crippen LogP contribution in [0.1, 0.15) is 15.9 Å². The highest BCUT2D eigenvalue weighted by molar-refractivity contribution is 5.90. The largest absolute Gasteiger partial charge is 0.493 e. The summed E-state index contributed by atoms with van der Waals surface area (Å²) in [5.74, 6) is 0.268. The standard InChI is InChI=1S/C18H18F2O6/c1-22-13-6-4-11(8-15(13)23-2)10-25-17(21)12-5-7-14(26-18(19)20)16(9-12)24-3/h4-9,18H,10H2,1-3H3. The maximum Gasteiger partial charge on any atom is 0.387 e. The molecule has 2 rings (SSSR count). The zero-order valence-corrected chi connectivity index (χ0v) is 14.5. The van der Waals surface area contributed by atoms with Crippen LogP contribution < -0.4 is 18.9 Å². The quantitative estimate of drug-likeness (QED) is 0.663. The second kappa shape index (κ2) is 8.89. The lowest BCUT2D eigenvalue weighted by molar-refractivity contribution is -0.0512. The second-order valence-electron chi connectivity index (χ2n) is 5.01. The molecule has 0 fully saturated rings. The van der Waals surface area contributed by atoms with Gasteiger partial charge in [-0.05, 0) is 35.9 Å². The fourth-order valence-corrected chi connectivity index (χ4v) is 2.19. The maximum absolute atomic E-state index is 12.3. The zero-order chi connectivity index (χ0) is 19.1. The van der Waals surface area contributed by atoms with Crippen molar-refractivity contribution in [1.82, 2.24) is 0 Å². The molecule has 0 spiro atoms. The molecule has 0 saturated carbocycles. The number of carbonyl (C=O) groups is 1. The Labute approximate surface area is 149 Å². The maximum atomic E-state index is 12.3. The smallest absolute Gasteiger partial charge is 0.387 e. The van der Waals surface area contributed by atoms with Gasteiger partial charge >= 0.3 is 12.6 Å². The summed E-state index contributed by atoms with van der Waals surface area (Å²) in [6.45, 7) is -3.00. The zero-order valence-electron chi connectivity index (χ0n) is 14.5. The van der Waals surface area contributed by atoms with Crippen molar-refractivity contribution in [3.05, 3.63) is 47.5 Å². The summed E-state index contributed by atoms with van der Waals surface area (Å²) in [6, 6.07) is 8.92. The predicted octanol–water partition coefficient (Wildman–Crippen LogP) is 3.67. The van der Waals surface area contributed by atoms with Crippen molar-refractivity contribution in [2.24, 2.45) is 0 Å². The Morgan fingerprint density at radius 2 is 1.50 bits per heavy atom. The summed E-state index contributed by atoms with van der Waals surface area (Å²) in [6.07, 6.45) is 0. The van der Waals surface area contributed by atoms with Crippen LogP contribution in [0.2, 0.25) is 0 Å². The van der Waals surface area contributed by atoms with Gasteiger partial charge in [-0.15, -0.1) is 0 Å². The van der Waals surface area contributed by atoms with Gasteiger partial charge in [-0.2, -0.15) is 8.78 Å². The average molecular weight is 368 g/mol. The van der Waals surface area contributed by atoms with Crippen LogP contribution in [-0.2, 0) is 11.3 Å². The van der Waals surface area contributed by atoms with Gasteiger partial charge in [0.1, 0.15) is 6.61 Å². The van der Waals surface area contributed by atoms with Crippen LogP contribution in [-0.4, -0.2) is 33.9 Å². The molecule has 0 N–H and O–H groups in total. The summed E-state index contributed by atoms with van der Waals surface area (Å²) in [5.41, 5.74) is 0.838. The minimum Gasteiger partial charge on any atom is -0.493 e. The van der Waals surface area contributed by atoms with E-state index >= 15 is 0 Å². The highest BCUT2D eigenvalue weighted by atomic mass is 19.3. The number of methoxy groups -OCH3 is 3. The summed E-state index contributed by atoms with van der Waals surface area (Å²) in [7, 11) is 4.31. The summed E-state index contributed by atoms with van der Waals surface area (Å²) < 4.78 is 49.5. The Balaban J connectivity index is 2.08. The van der Waals surface area contributed by atoms with Crippen molar-refractivity contribution in [2.75, 3.05) is 21.3 Å². The molecule has 0 aliphatic carbocycles. The van der Waals surface area contributed by atoms with E-state index in [0.717, 1.165) is 0 Å². The summed E-state index contributed by atoms with van der Waals surface area (Å²) in [5, 5.41) is 0. The fourth-order valence-electron chi connectivity index (χ4n) is 2.19. The lowest BCUT2D eigenvalue weighted by atomic mass is 10.2. The number of halogens is 2.